The monoisotopic (exact) mass is 296 g/mol. The van der Waals surface area contributed by atoms with Crippen LogP contribution < -0.4 is 4.74 Å². The van der Waals surface area contributed by atoms with Crippen molar-refractivity contribution in [2.75, 3.05) is 33.8 Å². The van der Waals surface area contributed by atoms with Crippen LogP contribution in [0.4, 0.5) is 4.79 Å². The van der Waals surface area contributed by atoms with Gasteiger partial charge >= 0.3 is 6.09 Å². The molecule has 1 aromatic rings. The topological polar surface area (TPSA) is 42.0 Å². The van der Waals surface area contributed by atoms with E-state index in [9.17, 15) is 4.79 Å². The van der Waals surface area contributed by atoms with Crippen LogP contribution in [0.2, 0.25) is 5.02 Å². The number of carbonyl (C=O) groups is 1. The van der Waals surface area contributed by atoms with E-state index in [0.717, 1.165) is 30.9 Å². The van der Waals surface area contributed by atoms with E-state index in [-0.39, 0.29) is 11.7 Å². The van der Waals surface area contributed by atoms with Crippen LogP contribution in [0.3, 0.4) is 0 Å². The van der Waals surface area contributed by atoms with E-state index >= 15 is 0 Å². The van der Waals surface area contributed by atoms with Crippen molar-refractivity contribution < 1.29 is 14.3 Å². The minimum Gasteiger partial charge on any atom is -0.497 e. The summed E-state index contributed by atoms with van der Waals surface area (Å²) in [5, 5.41) is 0.700. The first-order valence-electron chi connectivity index (χ1n) is 6.50. The number of ether oxygens (including phenoxy) is 2. The lowest BCUT2D eigenvalue weighted by Crippen LogP contribution is -2.63. The average molecular weight is 297 g/mol. The minimum absolute atomic E-state index is 0.230. The quantitative estimate of drug-likeness (QED) is 0.855. The normalized spacial score (nSPS) is 20.9. The summed E-state index contributed by atoms with van der Waals surface area (Å²) < 4.78 is 10.6. The first-order valence-corrected chi connectivity index (χ1v) is 6.88. The van der Waals surface area contributed by atoms with E-state index < -0.39 is 0 Å². The van der Waals surface area contributed by atoms with Crippen LogP contribution >= 0.6 is 11.6 Å². The van der Waals surface area contributed by atoms with Crippen molar-refractivity contribution in [1.82, 2.24) is 9.80 Å². The van der Waals surface area contributed by atoms with Gasteiger partial charge in [-0.1, -0.05) is 17.7 Å². The van der Waals surface area contributed by atoms with Gasteiger partial charge in [0.15, 0.2) is 5.60 Å². The summed E-state index contributed by atoms with van der Waals surface area (Å²) in [6.45, 7) is 2.93. The van der Waals surface area contributed by atoms with E-state index in [0.29, 0.717) is 11.6 Å². The van der Waals surface area contributed by atoms with Gasteiger partial charge < -0.3 is 14.4 Å². The maximum Gasteiger partial charge on any atom is 0.410 e. The number of nitrogens with zero attached hydrogens (tertiary/aromatic N) is 2. The molecule has 0 N–H and O–H groups in total. The predicted octanol–water partition coefficient (Wildman–Crippen LogP) is 1.99. The number of methoxy groups -OCH3 is 1. The fourth-order valence-electron chi connectivity index (χ4n) is 2.86. The molecule has 2 fully saturated rings. The van der Waals surface area contributed by atoms with Crippen LogP contribution in [0, 0.1) is 0 Å². The molecule has 3 rings (SSSR count). The Morgan fingerprint density at radius 2 is 2.15 bits per heavy atom. The summed E-state index contributed by atoms with van der Waals surface area (Å²) in [5.41, 5.74) is 0.741. The van der Waals surface area contributed by atoms with Crippen LogP contribution in [-0.4, -0.2) is 55.3 Å². The number of amides is 1. The number of likely N-dealkylation sites (tertiary alicyclic amines) is 1. The molecular weight excluding hydrogens is 280 g/mol. The highest BCUT2D eigenvalue weighted by atomic mass is 35.5. The van der Waals surface area contributed by atoms with E-state index in [1.807, 2.05) is 18.2 Å². The summed E-state index contributed by atoms with van der Waals surface area (Å²) in [7, 11) is 3.38. The van der Waals surface area contributed by atoms with Gasteiger partial charge in [-0.15, -0.1) is 0 Å². The predicted molar refractivity (Wildman–Crippen MR) is 75.1 cm³/mol. The van der Waals surface area contributed by atoms with Crippen LogP contribution in [0.1, 0.15) is 5.56 Å². The Bertz CT molecular complexity index is 543. The second kappa shape index (κ2) is 4.82. The first kappa shape index (κ1) is 13.5. The van der Waals surface area contributed by atoms with Crippen LogP contribution in [0.15, 0.2) is 18.2 Å². The lowest BCUT2D eigenvalue weighted by molar-refractivity contribution is -0.0772. The maximum absolute atomic E-state index is 11.4. The Morgan fingerprint density at radius 3 is 2.70 bits per heavy atom. The molecule has 108 valence electrons. The maximum atomic E-state index is 11.4. The molecule has 0 unspecified atom stereocenters. The van der Waals surface area contributed by atoms with E-state index in [1.54, 1.807) is 19.1 Å². The van der Waals surface area contributed by atoms with Crippen molar-refractivity contribution in [3.05, 3.63) is 28.8 Å². The van der Waals surface area contributed by atoms with Gasteiger partial charge in [0.2, 0.25) is 0 Å². The van der Waals surface area contributed by atoms with E-state index in [4.69, 9.17) is 21.1 Å². The number of hydrogen-bond donors (Lipinski definition) is 0. The molecule has 2 saturated heterocycles. The highest BCUT2D eigenvalue weighted by Crippen LogP contribution is 2.33. The Kier molecular flexibility index (Phi) is 3.26. The molecule has 2 aliphatic heterocycles. The molecule has 0 atom stereocenters. The zero-order chi connectivity index (χ0) is 14.3. The smallest absolute Gasteiger partial charge is 0.410 e. The number of likely N-dealkylation sites (N-methyl/N-ethyl adjacent to an activating group) is 1. The van der Waals surface area contributed by atoms with Gasteiger partial charge in [0.1, 0.15) is 5.75 Å². The first-order chi connectivity index (χ1) is 9.51. The summed E-state index contributed by atoms with van der Waals surface area (Å²) >= 11 is 6.23. The molecule has 2 heterocycles. The van der Waals surface area contributed by atoms with Gasteiger partial charge in [-0.3, -0.25) is 4.90 Å². The largest absolute Gasteiger partial charge is 0.497 e. The van der Waals surface area contributed by atoms with Crippen LogP contribution in [-0.2, 0) is 11.3 Å². The summed E-state index contributed by atoms with van der Waals surface area (Å²) in [6, 6.07) is 5.69. The third-order valence-corrected chi connectivity index (χ3v) is 4.17. The number of carbonyl (C=O) groups excluding carboxylic acids is 1. The fraction of sp³-hybridized carbons (Fsp3) is 0.500. The van der Waals surface area contributed by atoms with Crippen molar-refractivity contribution in [1.29, 1.82) is 0 Å². The molecular formula is C14H17ClN2O3. The van der Waals surface area contributed by atoms with Crippen molar-refractivity contribution in [2.24, 2.45) is 0 Å². The summed E-state index contributed by atoms with van der Waals surface area (Å²) in [5.74, 6) is 0.755. The molecule has 0 bridgehead atoms. The molecule has 1 aromatic carbocycles. The van der Waals surface area contributed by atoms with Gasteiger partial charge in [-0.05, 0) is 17.7 Å². The van der Waals surface area contributed by atoms with Crippen molar-refractivity contribution in [2.45, 2.75) is 12.1 Å². The SMILES string of the molecule is COc1ccc(CN2CC3(C2)CN(C)C(=O)O3)c(Cl)c1. The lowest BCUT2D eigenvalue weighted by atomic mass is 9.93. The summed E-state index contributed by atoms with van der Waals surface area (Å²) in [6.07, 6.45) is -0.230. The molecule has 20 heavy (non-hydrogen) atoms. The number of rotatable bonds is 3. The Hall–Kier alpha value is -1.46. The van der Waals surface area contributed by atoms with E-state index in [1.165, 1.54) is 0 Å². The Morgan fingerprint density at radius 1 is 1.40 bits per heavy atom. The van der Waals surface area contributed by atoms with Gasteiger partial charge in [-0.25, -0.2) is 4.79 Å². The molecule has 0 radical (unpaired) electrons. The molecule has 0 aromatic heterocycles. The molecule has 0 aliphatic carbocycles. The Balaban J connectivity index is 1.60. The second-order valence-corrected chi connectivity index (χ2v) is 5.92. The van der Waals surface area contributed by atoms with Gasteiger partial charge in [0, 0.05) is 31.7 Å². The van der Waals surface area contributed by atoms with Gasteiger partial charge in [0.05, 0.1) is 13.7 Å². The zero-order valence-corrected chi connectivity index (χ0v) is 12.3. The number of halogens is 1. The third kappa shape index (κ3) is 2.31. The highest BCUT2D eigenvalue weighted by Gasteiger charge is 2.52. The molecule has 2 aliphatic rings. The molecule has 1 spiro atoms. The van der Waals surface area contributed by atoms with Crippen LogP contribution in [0.5, 0.6) is 5.75 Å². The van der Waals surface area contributed by atoms with Gasteiger partial charge in [0.25, 0.3) is 0 Å². The molecule has 6 heteroatoms. The third-order valence-electron chi connectivity index (χ3n) is 3.82. The molecule has 1 amide bonds. The molecule has 5 nitrogen and oxygen atoms in total. The van der Waals surface area contributed by atoms with E-state index in [2.05, 4.69) is 4.90 Å². The molecule has 0 saturated carbocycles. The fourth-order valence-corrected chi connectivity index (χ4v) is 3.09. The van der Waals surface area contributed by atoms with Crippen LogP contribution in [0.25, 0.3) is 0 Å². The average Bonchev–Trinajstić information content (AvgIpc) is 2.67. The Labute approximate surface area is 123 Å². The zero-order valence-electron chi connectivity index (χ0n) is 11.6. The second-order valence-electron chi connectivity index (χ2n) is 5.51. The summed E-state index contributed by atoms with van der Waals surface area (Å²) in [4.78, 5) is 15.3. The minimum atomic E-state index is -0.315. The van der Waals surface area contributed by atoms with Gasteiger partial charge in [-0.2, -0.15) is 0 Å². The highest BCUT2D eigenvalue weighted by molar-refractivity contribution is 6.31. The van der Waals surface area contributed by atoms with Crippen molar-refractivity contribution in [3.8, 4) is 5.75 Å². The van der Waals surface area contributed by atoms with Crippen molar-refractivity contribution in [3.63, 3.8) is 0 Å². The lowest BCUT2D eigenvalue weighted by Gasteiger charge is -2.45. The standard InChI is InChI=1S/C14H17ClN2O3/c1-16-7-14(20-13(16)18)8-17(9-14)6-10-3-4-11(19-2)5-12(10)15/h3-5H,6-9H2,1-2H3. The number of benzene rings is 1. The number of hydrogen-bond acceptors (Lipinski definition) is 4. The van der Waals surface area contributed by atoms with Crippen molar-refractivity contribution >= 4 is 17.7 Å².